The normalized spacial score (nSPS) is 25.8. The fourth-order valence-corrected chi connectivity index (χ4v) is 5.84. The van der Waals surface area contributed by atoms with Crippen LogP contribution in [0.4, 0.5) is 5.82 Å². The average Bonchev–Trinajstić information content (AvgIpc) is 3.08. The zero-order valence-corrected chi connectivity index (χ0v) is 15.8. The van der Waals surface area contributed by atoms with Gasteiger partial charge in [-0.1, -0.05) is 13.8 Å². The summed E-state index contributed by atoms with van der Waals surface area (Å²) in [5, 5.41) is 8.40. The Morgan fingerprint density at radius 2 is 2.00 bits per heavy atom. The predicted octanol–water partition coefficient (Wildman–Crippen LogP) is 4.11. The van der Waals surface area contributed by atoms with Gasteiger partial charge in [0, 0.05) is 10.9 Å². The van der Waals surface area contributed by atoms with Gasteiger partial charge in [-0.05, 0) is 69.0 Å². The first-order chi connectivity index (χ1) is 11.6. The fourth-order valence-electron chi connectivity index (χ4n) is 4.52. The number of nitrogens with one attached hydrogen (secondary N) is 2. The molecule has 0 unspecified atom stereocenters. The van der Waals surface area contributed by atoms with Gasteiger partial charge in [-0.2, -0.15) is 0 Å². The molecule has 0 radical (unpaired) electrons. The molecule has 1 fully saturated rings. The molecule has 0 spiro atoms. The largest absolute Gasteiger partial charge is 0.367 e. The first kappa shape index (κ1) is 16.3. The van der Waals surface area contributed by atoms with Crippen molar-refractivity contribution in [1.82, 2.24) is 15.3 Å². The number of aromatic nitrogens is 2. The van der Waals surface area contributed by atoms with E-state index in [2.05, 4.69) is 41.5 Å². The maximum absolute atomic E-state index is 4.64. The zero-order chi connectivity index (χ0) is 16.7. The molecule has 2 aliphatic rings. The van der Waals surface area contributed by atoms with Gasteiger partial charge in [0.15, 0.2) is 0 Å². The van der Waals surface area contributed by atoms with Crippen LogP contribution in [0.3, 0.4) is 0 Å². The predicted molar refractivity (Wildman–Crippen MR) is 102 cm³/mol. The third kappa shape index (κ3) is 2.82. The summed E-state index contributed by atoms with van der Waals surface area (Å²) >= 11 is 1.87. The molecule has 0 saturated heterocycles. The highest BCUT2D eigenvalue weighted by Crippen LogP contribution is 2.48. The lowest BCUT2D eigenvalue weighted by Gasteiger charge is -2.29. The molecule has 2 heterocycles. The van der Waals surface area contributed by atoms with Crippen molar-refractivity contribution in [3.8, 4) is 0 Å². The Bertz CT molecular complexity index is 728. The van der Waals surface area contributed by atoms with Crippen LogP contribution in [-0.2, 0) is 11.8 Å². The van der Waals surface area contributed by atoms with Crippen molar-refractivity contribution in [3.63, 3.8) is 0 Å². The van der Waals surface area contributed by atoms with Crippen molar-refractivity contribution >= 4 is 27.4 Å². The highest BCUT2D eigenvalue weighted by molar-refractivity contribution is 7.19. The molecule has 0 amide bonds. The molecule has 130 valence electrons. The molecule has 1 saturated carbocycles. The van der Waals surface area contributed by atoms with E-state index >= 15 is 0 Å². The van der Waals surface area contributed by atoms with Crippen LogP contribution < -0.4 is 10.6 Å². The summed E-state index contributed by atoms with van der Waals surface area (Å²) in [5.41, 5.74) is 1.76. The van der Waals surface area contributed by atoms with E-state index in [0.717, 1.165) is 23.1 Å². The second-order valence-electron chi connectivity index (χ2n) is 8.11. The van der Waals surface area contributed by atoms with Crippen LogP contribution >= 0.6 is 11.3 Å². The lowest BCUT2D eigenvalue weighted by molar-refractivity contribution is 0.331. The number of thiophene rings is 1. The molecule has 24 heavy (non-hydrogen) atoms. The van der Waals surface area contributed by atoms with Crippen molar-refractivity contribution in [2.24, 2.45) is 5.92 Å². The lowest BCUT2D eigenvalue weighted by atomic mass is 9.85. The van der Waals surface area contributed by atoms with E-state index in [9.17, 15) is 0 Å². The SMILES string of the molecule is CNCC1CCC(Nc2ncnc3sc4c(c23)C(C)(C)CC4)CC1. The van der Waals surface area contributed by atoms with Crippen LogP contribution in [0.15, 0.2) is 6.33 Å². The second-order valence-corrected chi connectivity index (χ2v) is 9.19. The van der Waals surface area contributed by atoms with Gasteiger partial charge in [-0.25, -0.2) is 9.97 Å². The van der Waals surface area contributed by atoms with Gasteiger partial charge >= 0.3 is 0 Å². The first-order valence-corrected chi connectivity index (χ1v) is 10.1. The van der Waals surface area contributed by atoms with E-state index in [4.69, 9.17) is 0 Å². The Morgan fingerprint density at radius 3 is 2.75 bits per heavy atom. The minimum absolute atomic E-state index is 0.249. The number of nitrogens with zero attached hydrogens (tertiary/aromatic N) is 2. The van der Waals surface area contributed by atoms with Crippen molar-refractivity contribution in [3.05, 3.63) is 16.8 Å². The molecule has 0 atom stereocenters. The Labute approximate surface area is 148 Å². The Kier molecular flexibility index (Phi) is 4.25. The van der Waals surface area contributed by atoms with Crippen molar-refractivity contribution in [2.75, 3.05) is 18.9 Å². The molecule has 2 aromatic rings. The summed E-state index contributed by atoms with van der Waals surface area (Å²) in [4.78, 5) is 11.9. The van der Waals surface area contributed by atoms with E-state index in [1.54, 1.807) is 6.33 Å². The van der Waals surface area contributed by atoms with E-state index in [0.29, 0.717) is 6.04 Å². The number of anilines is 1. The quantitative estimate of drug-likeness (QED) is 0.876. The molecule has 0 aromatic carbocycles. The molecule has 5 heteroatoms. The summed E-state index contributed by atoms with van der Waals surface area (Å²) in [6, 6.07) is 0.552. The standard InChI is InChI=1S/C19H28N4S/c1-19(2)9-8-14-16(19)15-17(21-11-22-18(15)24-14)23-13-6-4-12(5-7-13)10-20-3/h11-13,20H,4-10H2,1-3H3,(H,21,22,23). The summed E-state index contributed by atoms with van der Waals surface area (Å²) in [5.74, 6) is 1.91. The van der Waals surface area contributed by atoms with E-state index < -0.39 is 0 Å². The minimum atomic E-state index is 0.249. The Balaban J connectivity index is 1.59. The number of hydrogen-bond acceptors (Lipinski definition) is 5. The van der Waals surface area contributed by atoms with Crippen molar-refractivity contribution < 1.29 is 0 Å². The monoisotopic (exact) mass is 344 g/mol. The van der Waals surface area contributed by atoms with E-state index in [-0.39, 0.29) is 5.41 Å². The molecule has 0 aliphatic heterocycles. The summed E-state index contributed by atoms with van der Waals surface area (Å²) in [6.07, 6.45) is 9.27. The topological polar surface area (TPSA) is 49.8 Å². The van der Waals surface area contributed by atoms with Gasteiger partial charge in [0.25, 0.3) is 0 Å². The highest BCUT2D eigenvalue weighted by atomic mass is 32.1. The summed E-state index contributed by atoms with van der Waals surface area (Å²) in [6.45, 7) is 5.88. The first-order valence-electron chi connectivity index (χ1n) is 9.26. The fraction of sp³-hybridized carbons (Fsp3) is 0.684. The van der Waals surface area contributed by atoms with Crippen LogP contribution in [-0.4, -0.2) is 29.6 Å². The average molecular weight is 345 g/mol. The van der Waals surface area contributed by atoms with Gasteiger partial charge < -0.3 is 10.6 Å². The van der Waals surface area contributed by atoms with Crippen LogP contribution in [0.2, 0.25) is 0 Å². The third-order valence-electron chi connectivity index (χ3n) is 5.90. The zero-order valence-electron chi connectivity index (χ0n) is 15.0. The maximum atomic E-state index is 4.64. The Morgan fingerprint density at radius 1 is 1.21 bits per heavy atom. The second kappa shape index (κ2) is 6.26. The van der Waals surface area contributed by atoms with Crippen LogP contribution in [0.1, 0.15) is 56.4 Å². The summed E-state index contributed by atoms with van der Waals surface area (Å²) < 4.78 is 0. The van der Waals surface area contributed by atoms with Gasteiger partial charge in [0.05, 0.1) is 5.39 Å². The number of hydrogen-bond donors (Lipinski definition) is 2. The molecule has 2 N–H and O–H groups in total. The van der Waals surface area contributed by atoms with E-state index in [1.807, 2.05) is 11.3 Å². The highest BCUT2D eigenvalue weighted by Gasteiger charge is 2.35. The van der Waals surface area contributed by atoms with Gasteiger partial charge in [0.2, 0.25) is 0 Å². The molecule has 2 aliphatic carbocycles. The molecular weight excluding hydrogens is 316 g/mol. The number of rotatable bonds is 4. The molecule has 0 bridgehead atoms. The maximum Gasteiger partial charge on any atom is 0.138 e. The van der Waals surface area contributed by atoms with Gasteiger partial charge in [0.1, 0.15) is 17.0 Å². The van der Waals surface area contributed by atoms with Crippen molar-refractivity contribution in [2.45, 2.75) is 63.8 Å². The summed E-state index contributed by atoms with van der Waals surface area (Å²) in [7, 11) is 2.06. The number of aryl methyl sites for hydroxylation is 1. The van der Waals surface area contributed by atoms with Crippen LogP contribution in [0.5, 0.6) is 0 Å². The lowest BCUT2D eigenvalue weighted by Crippen LogP contribution is -2.30. The number of fused-ring (bicyclic) bond motifs is 3. The third-order valence-corrected chi connectivity index (χ3v) is 7.05. The van der Waals surface area contributed by atoms with Gasteiger partial charge in [-0.15, -0.1) is 11.3 Å². The molecular formula is C19H28N4S. The van der Waals surface area contributed by atoms with E-state index in [1.165, 1.54) is 54.4 Å². The smallest absolute Gasteiger partial charge is 0.138 e. The molecule has 2 aromatic heterocycles. The minimum Gasteiger partial charge on any atom is -0.367 e. The molecule has 4 rings (SSSR count). The van der Waals surface area contributed by atoms with Crippen molar-refractivity contribution in [1.29, 1.82) is 0 Å². The van der Waals surface area contributed by atoms with Crippen LogP contribution in [0.25, 0.3) is 10.2 Å². The van der Waals surface area contributed by atoms with Crippen LogP contribution in [0, 0.1) is 5.92 Å². The van der Waals surface area contributed by atoms with Gasteiger partial charge in [-0.3, -0.25) is 0 Å². The Hall–Kier alpha value is -1.20. The molecule has 4 nitrogen and oxygen atoms in total.